The van der Waals surface area contributed by atoms with Crippen LogP contribution in [0.5, 0.6) is 0 Å². The van der Waals surface area contributed by atoms with Crippen LogP contribution in [0.25, 0.3) is 0 Å². The number of rotatable bonds is 5. The van der Waals surface area contributed by atoms with Gasteiger partial charge in [-0.2, -0.15) is 0 Å². The van der Waals surface area contributed by atoms with Crippen LogP contribution in [-0.4, -0.2) is 24.0 Å². The fourth-order valence-corrected chi connectivity index (χ4v) is 1.77. The summed E-state index contributed by atoms with van der Waals surface area (Å²) in [6.45, 7) is 1.12. The molecule has 0 fully saturated rings. The van der Waals surface area contributed by atoms with Gasteiger partial charge in [0.1, 0.15) is 0 Å². The van der Waals surface area contributed by atoms with Crippen molar-refractivity contribution in [2.24, 2.45) is 0 Å². The molecule has 0 saturated heterocycles. The molecule has 0 aliphatic heterocycles. The van der Waals surface area contributed by atoms with Gasteiger partial charge in [-0.05, 0) is 18.2 Å². The molecule has 5 heteroatoms. The van der Waals surface area contributed by atoms with E-state index in [2.05, 4.69) is 15.6 Å². The topological polar surface area (TPSA) is 54.0 Å². The van der Waals surface area contributed by atoms with E-state index in [1.807, 2.05) is 18.2 Å². The molecule has 0 atom stereocenters. The van der Waals surface area contributed by atoms with Gasteiger partial charge in [0, 0.05) is 31.0 Å². The number of aromatic nitrogens is 1. The lowest BCUT2D eigenvalue weighted by atomic mass is 10.2. The molecule has 0 aliphatic carbocycles. The third-order valence-electron chi connectivity index (χ3n) is 2.53. The van der Waals surface area contributed by atoms with Crippen LogP contribution in [0.3, 0.4) is 0 Å². The van der Waals surface area contributed by atoms with Crippen LogP contribution in [0.1, 0.15) is 10.4 Å². The molecule has 0 spiro atoms. The second-order valence-corrected chi connectivity index (χ2v) is 4.31. The van der Waals surface area contributed by atoms with Crippen molar-refractivity contribution in [3.63, 3.8) is 0 Å². The smallest absolute Gasteiger partial charge is 0.251 e. The van der Waals surface area contributed by atoms with Crippen LogP contribution in [0, 0.1) is 0 Å². The third kappa shape index (κ3) is 3.96. The van der Waals surface area contributed by atoms with E-state index in [0.717, 1.165) is 5.69 Å². The molecule has 0 aliphatic rings. The number of hydrogen-bond donors (Lipinski definition) is 2. The molecule has 4 nitrogen and oxygen atoms in total. The molecule has 0 saturated carbocycles. The average molecular weight is 276 g/mol. The lowest BCUT2D eigenvalue weighted by molar-refractivity contribution is 0.0955. The quantitative estimate of drug-likeness (QED) is 0.825. The maximum absolute atomic E-state index is 11.7. The average Bonchev–Trinajstić information content (AvgIpc) is 2.46. The SMILES string of the molecule is O=C(NCCNc1ccncc1Cl)c1ccccc1. The van der Waals surface area contributed by atoms with E-state index in [1.165, 1.54) is 0 Å². The molecule has 0 bridgehead atoms. The Labute approximate surface area is 116 Å². The van der Waals surface area contributed by atoms with E-state index in [0.29, 0.717) is 23.7 Å². The van der Waals surface area contributed by atoms with Crippen molar-refractivity contribution < 1.29 is 4.79 Å². The molecule has 1 heterocycles. The number of amides is 1. The van der Waals surface area contributed by atoms with Crippen molar-refractivity contribution >= 4 is 23.2 Å². The van der Waals surface area contributed by atoms with Crippen LogP contribution in [0.2, 0.25) is 5.02 Å². The lowest BCUT2D eigenvalue weighted by Crippen LogP contribution is -2.28. The number of hydrogen-bond acceptors (Lipinski definition) is 3. The normalized spacial score (nSPS) is 9.95. The maximum Gasteiger partial charge on any atom is 0.251 e. The summed E-state index contributed by atoms with van der Waals surface area (Å²) in [5.74, 6) is -0.0803. The van der Waals surface area contributed by atoms with Gasteiger partial charge in [0.2, 0.25) is 0 Å². The third-order valence-corrected chi connectivity index (χ3v) is 2.84. The molecule has 0 unspecified atom stereocenters. The van der Waals surface area contributed by atoms with E-state index in [4.69, 9.17) is 11.6 Å². The molecule has 1 aromatic carbocycles. The number of benzene rings is 1. The highest BCUT2D eigenvalue weighted by atomic mass is 35.5. The molecular formula is C14H14ClN3O. The summed E-state index contributed by atoms with van der Waals surface area (Å²) < 4.78 is 0. The van der Waals surface area contributed by atoms with Gasteiger partial charge in [-0.25, -0.2) is 0 Å². The first-order chi connectivity index (χ1) is 9.27. The summed E-state index contributed by atoms with van der Waals surface area (Å²) in [5.41, 5.74) is 1.47. The summed E-state index contributed by atoms with van der Waals surface area (Å²) in [6.07, 6.45) is 3.24. The van der Waals surface area contributed by atoms with Gasteiger partial charge in [-0.1, -0.05) is 29.8 Å². The zero-order valence-electron chi connectivity index (χ0n) is 10.3. The van der Waals surface area contributed by atoms with Gasteiger partial charge in [-0.15, -0.1) is 0 Å². The minimum absolute atomic E-state index is 0.0803. The second kappa shape index (κ2) is 6.75. The van der Waals surface area contributed by atoms with Crippen molar-refractivity contribution in [3.05, 3.63) is 59.4 Å². The number of carbonyl (C=O) groups excluding carboxylic acids is 1. The first kappa shape index (κ1) is 13.4. The van der Waals surface area contributed by atoms with Gasteiger partial charge in [0.25, 0.3) is 5.91 Å². The van der Waals surface area contributed by atoms with Crippen LogP contribution in [0.4, 0.5) is 5.69 Å². The zero-order chi connectivity index (χ0) is 13.5. The van der Waals surface area contributed by atoms with Gasteiger partial charge in [0.15, 0.2) is 0 Å². The molecule has 2 N–H and O–H groups in total. The van der Waals surface area contributed by atoms with Crippen molar-refractivity contribution in [2.75, 3.05) is 18.4 Å². The van der Waals surface area contributed by atoms with Crippen LogP contribution >= 0.6 is 11.6 Å². The second-order valence-electron chi connectivity index (χ2n) is 3.90. The monoisotopic (exact) mass is 275 g/mol. The Balaban J connectivity index is 1.76. The minimum atomic E-state index is -0.0803. The molecule has 2 aromatic rings. The molecule has 19 heavy (non-hydrogen) atoms. The molecule has 2 rings (SSSR count). The van der Waals surface area contributed by atoms with Crippen molar-refractivity contribution in [1.29, 1.82) is 0 Å². The summed E-state index contributed by atoms with van der Waals surface area (Å²) in [7, 11) is 0. The number of nitrogens with one attached hydrogen (secondary N) is 2. The minimum Gasteiger partial charge on any atom is -0.382 e. The maximum atomic E-state index is 11.7. The summed E-state index contributed by atoms with van der Waals surface area (Å²) in [4.78, 5) is 15.6. The Morgan fingerprint density at radius 3 is 2.68 bits per heavy atom. The van der Waals surface area contributed by atoms with Gasteiger partial charge in [-0.3, -0.25) is 9.78 Å². The predicted octanol–water partition coefficient (Wildman–Crippen LogP) is 2.58. The summed E-state index contributed by atoms with van der Waals surface area (Å²) >= 11 is 5.95. The Bertz CT molecular complexity index is 545. The summed E-state index contributed by atoms with van der Waals surface area (Å²) in [6, 6.07) is 10.9. The number of halogens is 1. The molecular weight excluding hydrogens is 262 g/mol. The lowest BCUT2D eigenvalue weighted by Gasteiger charge is -2.09. The molecule has 98 valence electrons. The van der Waals surface area contributed by atoms with Gasteiger partial charge < -0.3 is 10.6 Å². The van der Waals surface area contributed by atoms with Gasteiger partial charge in [0.05, 0.1) is 10.7 Å². The highest BCUT2D eigenvalue weighted by Crippen LogP contribution is 2.18. The first-order valence-corrected chi connectivity index (χ1v) is 6.32. The van der Waals surface area contributed by atoms with Crippen LogP contribution in [-0.2, 0) is 0 Å². The highest BCUT2D eigenvalue weighted by molar-refractivity contribution is 6.33. The largest absolute Gasteiger partial charge is 0.382 e. The van der Waals surface area contributed by atoms with Crippen molar-refractivity contribution in [1.82, 2.24) is 10.3 Å². The standard InChI is InChI=1S/C14H14ClN3O/c15-12-10-16-7-6-13(12)17-8-9-18-14(19)11-4-2-1-3-5-11/h1-7,10H,8-9H2,(H,16,17)(H,18,19). The first-order valence-electron chi connectivity index (χ1n) is 5.94. The summed E-state index contributed by atoms with van der Waals surface area (Å²) in [5, 5.41) is 6.53. The fourth-order valence-electron chi connectivity index (χ4n) is 1.58. The predicted molar refractivity (Wildman–Crippen MR) is 76.5 cm³/mol. The fraction of sp³-hybridized carbons (Fsp3) is 0.143. The Kier molecular flexibility index (Phi) is 4.75. The van der Waals surface area contributed by atoms with Crippen LogP contribution < -0.4 is 10.6 Å². The highest BCUT2D eigenvalue weighted by Gasteiger charge is 2.03. The Hall–Kier alpha value is -2.07. The number of pyridine rings is 1. The number of nitrogens with zero attached hydrogens (tertiary/aromatic N) is 1. The van der Waals surface area contributed by atoms with Crippen LogP contribution in [0.15, 0.2) is 48.8 Å². The van der Waals surface area contributed by atoms with E-state index >= 15 is 0 Å². The van der Waals surface area contributed by atoms with Crippen molar-refractivity contribution in [2.45, 2.75) is 0 Å². The van der Waals surface area contributed by atoms with E-state index in [9.17, 15) is 4.79 Å². The van der Waals surface area contributed by atoms with Gasteiger partial charge >= 0.3 is 0 Å². The Morgan fingerprint density at radius 2 is 1.95 bits per heavy atom. The molecule has 1 amide bonds. The number of anilines is 1. The zero-order valence-corrected chi connectivity index (χ0v) is 11.0. The van der Waals surface area contributed by atoms with E-state index in [1.54, 1.807) is 30.6 Å². The number of carbonyl (C=O) groups is 1. The Morgan fingerprint density at radius 1 is 1.16 bits per heavy atom. The van der Waals surface area contributed by atoms with E-state index < -0.39 is 0 Å². The molecule has 1 aromatic heterocycles. The molecule has 0 radical (unpaired) electrons. The van der Waals surface area contributed by atoms with E-state index in [-0.39, 0.29) is 5.91 Å². The van der Waals surface area contributed by atoms with Crippen molar-refractivity contribution in [3.8, 4) is 0 Å².